The van der Waals surface area contributed by atoms with Gasteiger partial charge in [-0.15, -0.1) is 21.5 Å². The summed E-state index contributed by atoms with van der Waals surface area (Å²) in [5.74, 6) is 1.28. The van der Waals surface area contributed by atoms with Crippen LogP contribution in [-0.2, 0) is 13.0 Å². The summed E-state index contributed by atoms with van der Waals surface area (Å²) in [5, 5.41) is 10.7. The number of halogens is 1. The van der Waals surface area contributed by atoms with Gasteiger partial charge in [-0.2, -0.15) is 0 Å². The van der Waals surface area contributed by atoms with Crippen LogP contribution in [0.3, 0.4) is 0 Å². The van der Waals surface area contributed by atoms with Crippen LogP contribution < -0.4 is 0 Å². The maximum atomic E-state index is 6.10. The van der Waals surface area contributed by atoms with Gasteiger partial charge in [0.05, 0.1) is 6.54 Å². The molecule has 0 aliphatic carbocycles. The molecule has 0 atom stereocenters. The molecule has 0 bridgehead atoms. The first-order chi connectivity index (χ1) is 8.13. The topological polar surface area (TPSA) is 30.7 Å². The third kappa shape index (κ3) is 2.53. The third-order valence-corrected chi connectivity index (χ3v) is 4.00. The summed E-state index contributed by atoms with van der Waals surface area (Å²) in [6.07, 6.45) is 1.05. The Morgan fingerprint density at radius 3 is 2.82 bits per heavy atom. The second-order valence-corrected chi connectivity index (χ2v) is 5.63. The molecule has 92 valence electrons. The lowest BCUT2D eigenvalue weighted by Crippen LogP contribution is -2.07. The van der Waals surface area contributed by atoms with E-state index in [4.69, 9.17) is 11.6 Å². The van der Waals surface area contributed by atoms with Crippen molar-refractivity contribution in [3.63, 3.8) is 0 Å². The maximum Gasteiger partial charge on any atom is 0.225 e. The number of rotatable bonds is 4. The minimum atomic E-state index is 0.333. The monoisotopic (exact) mass is 269 g/mol. The highest BCUT2D eigenvalue weighted by Gasteiger charge is 2.15. The molecule has 2 aromatic heterocycles. The van der Waals surface area contributed by atoms with E-state index in [2.05, 4.69) is 42.4 Å². The number of hydrogen-bond acceptors (Lipinski definition) is 3. The van der Waals surface area contributed by atoms with Crippen LogP contribution in [0.1, 0.15) is 43.0 Å². The molecular formula is C12H16ClN3S. The zero-order chi connectivity index (χ0) is 12.4. The fourth-order valence-electron chi connectivity index (χ4n) is 1.83. The van der Waals surface area contributed by atoms with Crippen LogP contribution in [0.5, 0.6) is 0 Å². The molecule has 0 aliphatic heterocycles. The Hall–Kier alpha value is -0.870. The highest BCUT2D eigenvalue weighted by atomic mass is 35.5. The Morgan fingerprint density at radius 2 is 2.18 bits per heavy atom. The molecule has 2 rings (SSSR count). The zero-order valence-electron chi connectivity index (χ0n) is 10.3. The van der Waals surface area contributed by atoms with Gasteiger partial charge in [-0.3, -0.25) is 4.57 Å². The Balaban J connectivity index is 2.32. The van der Waals surface area contributed by atoms with Crippen LogP contribution in [0, 0.1) is 0 Å². The molecule has 0 aromatic carbocycles. The molecule has 2 heterocycles. The SMILES string of the molecule is CCc1ccsc1Cn1c(Cl)nnc1C(C)C. The van der Waals surface area contributed by atoms with Gasteiger partial charge in [0, 0.05) is 10.8 Å². The number of thiophene rings is 1. The van der Waals surface area contributed by atoms with Gasteiger partial charge in [0.15, 0.2) is 0 Å². The number of aromatic nitrogens is 3. The molecular weight excluding hydrogens is 254 g/mol. The van der Waals surface area contributed by atoms with Crippen molar-refractivity contribution in [3.8, 4) is 0 Å². The quantitative estimate of drug-likeness (QED) is 0.847. The second-order valence-electron chi connectivity index (χ2n) is 4.29. The largest absolute Gasteiger partial charge is 0.296 e. The zero-order valence-corrected chi connectivity index (χ0v) is 11.8. The molecule has 5 heteroatoms. The molecule has 2 aromatic rings. The minimum Gasteiger partial charge on any atom is -0.296 e. The van der Waals surface area contributed by atoms with E-state index < -0.39 is 0 Å². The van der Waals surface area contributed by atoms with Gasteiger partial charge in [-0.25, -0.2) is 0 Å². The van der Waals surface area contributed by atoms with Gasteiger partial charge in [-0.1, -0.05) is 20.8 Å². The number of nitrogens with zero attached hydrogens (tertiary/aromatic N) is 3. The fraction of sp³-hybridized carbons (Fsp3) is 0.500. The summed E-state index contributed by atoms with van der Waals surface area (Å²) in [7, 11) is 0. The molecule has 0 unspecified atom stereocenters. The molecule has 0 N–H and O–H groups in total. The van der Waals surface area contributed by atoms with Crippen LogP contribution in [0.2, 0.25) is 5.28 Å². The Bertz CT molecular complexity index is 502. The molecule has 17 heavy (non-hydrogen) atoms. The summed E-state index contributed by atoms with van der Waals surface area (Å²) in [6, 6.07) is 2.17. The molecule has 0 saturated heterocycles. The van der Waals surface area contributed by atoms with Gasteiger partial charge in [0.25, 0.3) is 0 Å². The van der Waals surface area contributed by atoms with Crippen molar-refractivity contribution < 1.29 is 0 Å². The highest BCUT2D eigenvalue weighted by molar-refractivity contribution is 7.10. The smallest absolute Gasteiger partial charge is 0.225 e. The summed E-state index contributed by atoms with van der Waals surface area (Å²) >= 11 is 7.86. The standard InChI is InChI=1S/C12H16ClN3S/c1-4-9-5-6-17-10(9)7-16-11(8(2)3)14-15-12(16)13/h5-6,8H,4,7H2,1-3H3. The lowest BCUT2D eigenvalue weighted by Gasteiger charge is -2.09. The Morgan fingerprint density at radius 1 is 1.41 bits per heavy atom. The minimum absolute atomic E-state index is 0.333. The third-order valence-electron chi connectivity index (χ3n) is 2.77. The van der Waals surface area contributed by atoms with Crippen LogP contribution >= 0.6 is 22.9 Å². The van der Waals surface area contributed by atoms with Crippen molar-refractivity contribution in [1.29, 1.82) is 0 Å². The summed E-state index contributed by atoms with van der Waals surface area (Å²) < 4.78 is 2.00. The van der Waals surface area contributed by atoms with Crippen LogP contribution in [0.15, 0.2) is 11.4 Å². The Labute approximate surface area is 110 Å². The van der Waals surface area contributed by atoms with Crippen molar-refractivity contribution in [2.24, 2.45) is 0 Å². The van der Waals surface area contributed by atoms with Gasteiger partial charge in [-0.05, 0) is 35.0 Å². The van der Waals surface area contributed by atoms with E-state index in [-0.39, 0.29) is 0 Å². The average Bonchev–Trinajstić information content (AvgIpc) is 2.87. The molecule has 0 radical (unpaired) electrons. The first kappa shape index (κ1) is 12.6. The van der Waals surface area contributed by atoms with E-state index in [0.29, 0.717) is 11.2 Å². The number of hydrogen-bond donors (Lipinski definition) is 0. The van der Waals surface area contributed by atoms with Crippen LogP contribution in [-0.4, -0.2) is 14.8 Å². The Kier molecular flexibility index (Phi) is 3.84. The van der Waals surface area contributed by atoms with Crippen molar-refractivity contribution in [2.75, 3.05) is 0 Å². The summed E-state index contributed by atoms with van der Waals surface area (Å²) in [4.78, 5) is 1.34. The van der Waals surface area contributed by atoms with E-state index >= 15 is 0 Å². The van der Waals surface area contributed by atoms with Crippen molar-refractivity contribution >= 4 is 22.9 Å². The van der Waals surface area contributed by atoms with Gasteiger partial charge in [0.1, 0.15) is 5.82 Å². The predicted octanol–water partition coefficient (Wildman–Crippen LogP) is 3.73. The van der Waals surface area contributed by atoms with Gasteiger partial charge >= 0.3 is 0 Å². The first-order valence-electron chi connectivity index (χ1n) is 5.77. The summed E-state index contributed by atoms with van der Waals surface area (Å²) in [6.45, 7) is 7.15. The van der Waals surface area contributed by atoms with Crippen molar-refractivity contribution in [1.82, 2.24) is 14.8 Å². The highest BCUT2D eigenvalue weighted by Crippen LogP contribution is 2.23. The van der Waals surface area contributed by atoms with E-state index in [0.717, 1.165) is 18.8 Å². The predicted molar refractivity (Wildman–Crippen MR) is 71.9 cm³/mol. The van der Waals surface area contributed by atoms with E-state index in [9.17, 15) is 0 Å². The second kappa shape index (κ2) is 5.19. The van der Waals surface area contributed by atoms with Crippen molar-refractivity contribution in [3.05, 3.63) is 33.0 Å². The maximum absolute atomic E-state index is 6.10. The van der Waals surface area contributed by atoms with Crippen LogP contribution in [0.4, 0.5) is 0 Å². The van der Waals surface area contributed by atoms with Crippen LogP contribution in [0.25, 0.3) is 0 Å². The molecule has 0 aliphatic rings. The molecule has 0 amide bonds. The molecule has 0 spiro atoms. The van der Waals surface area contributed by atoms with E-state index in [1.54, 1.807) is 11.3 Å². The van der Waals surface area contributed by atoms with Gasteiger partial charge < -0.3 is 0 Å². The first-order valence-corrected chi connectivity index (χ1v) is 7.03. The molecule has 0 saturated carbocycles. The van der Waals surface area contributed by atoms with Gasteiger partial charge in [0.2, 0.25) is 5.28 Å². The number of aryl methyl sites for hydroxylation is 1. The molecule has 0 fully saturated rings. The van der Waals surface area contributed by atoms with E-state index in [1.165, 1.54) is 10.4 Å². The van der Waals surface area contributed by atoms with E-state index in [1.807, 2.05) is 4.57 Å². The lowest BCUT2D eigenvalue weighted by molar-refractivity contribution is 0.672. The normalized spacial score (nSPS) is 11.4. The fourth-order valence-corrected chi connectivity index (χ4v) is 2.98. The summed E-state index contributed by atoms with van der Waals surface area (Å²) in [5.41, 5.74) is 1.38. The lowest BCUT2D eigenvalue weighted by atomic mass is 10.2. The molecule has 3 nitrogen and oxygen atoms in total. The average molecular weight is 270 g/mol. The van der Waals surface area contributed by atoms with Crippen molar-refractivity contribution in [2.45, 2.75) is 39.7 Å².